The van der Waals surface area contributed by atoms with Crippen molar-refractivity contribution in [1.29, 1.82) is 0 Å². The molecule has 0 fully saturated rings. The summed E-state index contributed by atoms with van der Waals surface area (Å²) in [5, 5.41) is 0.983. The molecular weight excluding hydrogens is 597 g/mol. The van der Waals surface area contributed by atoms with Crippen molar-refractivity contribution in [3.8, 4) is 57.6 Å². The first-order valence-corrected chi connectivity index (χ1v) is 16.5. The van der Waals surface area contributed by atoms with Crippen LogP contribution in [-0.4, -0.2) is 9.97 Å². The lowest BCUT2D eigenvalue weighted by molar-refractivity contribution is 0.436. The van der Waals surface area contributed by atoms with E-state index in [2.05, 4.69) is 127 Å². The van der Waals surface area contributed by atoms with Crippen LogP contribution in [0.25, 0.3) is 50.2 Å². The summed E-state index contributed by atoms with van der Waals surface area (Å²) in [7, 11) is 0. The molecule has 2 aliphatic rings. The molecule has 0 saturated heterocycles. The van der Waals surface area contributed by atoms with Gasteiger partial charge < -0.3 is 4.74 Å². The molecule has 3 nitrogen and oxygen atoms in total. The Morgan fingerprint density at radius 2 is 1.22 bits per heavy atom. The van der Waals surface area contributed by atoms with Crippen LogP contribution in [0.15, 0.2) is 163 Å². The van der Waals surface area contributed by atoms with Crippen molar-refractivity contribution in [2.24, 2.45) is 0 Å². The van der Waals surface area contributed by atoms with Crippen LogP contribution in [0.4, 0.5) is 0 Å². The van der Waals surface area contributed by atoms with E-state index in [0.29, 0.717) is 5.82 Å². The molecule has 0 unspecified atom stereocenters. The van der Waals surface area contributed by atoms with Crippen LogP contribution in [0.1, 0.15) is 29.2 Å². The highest BCUT2D eigenvalue weighted by Gasteiger charge is 2.52. The predicted octanol–water partition coefficient (Wildman–Crippen LogP) is 11.0. The molecule has 0 bridgehead atoms. The Morgan fingerprint density at radius 3 is 1.94 bits per heavy atom. The van der Waals surface area contributed by atoms with Gasteiger partial charge in [0.05, 0.1) is 16.6 Å². The Balaban J connectivity index is 1.33. The lowest BCUT2D eigenvalue weighted by Gasteiger charge is -2.39. The van der Waals surface area contributed by atoms with Gasteiger partial charge in [-0.1, -0.05) is 145 Å². The summed E-state index contributed by atoms with van der Waals surface area (Å²) in [5.74, 6) is 5.49. The van der Waals surface area contributed by atoms with Crippen LogP contribution in [0.2, 0.25) is 0 Å². The zero-order valence-corrected chi connectivity index (χ0v) is 26.9. The summed E-state index contributed by atoms with van der Waals surface area (Å²) in [6.45, 7) is 2.04. The van der Waals surface area contributed by atoms with E-state index in [1.54, 1.807) is 0 Å². The highest BCUT2D eigenvalue weighted by atomic mass is 16.5. The number of fused-ring (bicyclic) bond motifs is 7. The zero-order valence-electron chi connectivity index (χ0n) is 26.9. The van der Waals surface area contributed by atoms with E-state index >= 15 is 0 Å². The molecule has 3 heteroatoms. The largest absolute Gasteiger partial charge is 0.457 e. The number of benzene rings is 6. The smallest absolute Gasteiger partial charge is 0.160 e. The molecule has 1 aliphatic carbocycles. The second-order valence-electron chi connectivity index (χ2n) is 12.4. The number of nitrogens with zero attached hydrogens (tertiary/aromatic N) is 2. The van der Waals surface area contributed by atoms with E-state index in [1.165, 1.54) is 5.56 Å². The van der Waals surface area contributed by atoms with E-state index < -0.39 is 5.41 Å². The molecule has 1 aliphatic heterocycles. The Kier molecular flexibility index (Phi) is 6.64. The normalized spacial score (nSPS) is 14.0. The second-order valence-corrected chi connectivity index (χ2v) is 12.4. The standard InChI is InChI=1S/C46H30N2O/c1-3-15-33-36(4-2)46(37-20-9-12-24-41(37)49-42-25-13-10-21-38(42)46)39-22-14-19-35(43(33)39)44-34-18-8-11-23-40(34)47-45(48-44)32-28-26-31(27-29-32)30-16-6-5-7-17-30/h2-3,5-29H,1H3/b15-3-. The number of aromatic nitrogens is 2. The van der Waals surface area contributed by atoms with Crippen molar-refractivity contribution in [3.05, 3.63) is 186 Å². The first kappa shape index (κ1) is 28.7. The Bertz CT molecular complexity index is 2490. The van der Waals surface area contributed by atoms with Gasteiger partial charge in [0.15, 0.2) is 5.82 Å². The number of allylic oxidation sites excluding steroid dienone is 4. The molecule has 7 aromatic rings. The molecule has 6 aromatic carbocycles. The molecule has 0 radical (unpaired) electrons. The van der Waals surface area contributed by atoms with Crippen molar-refractivity contribution in [3.63, 3.8) is 0 Å². The first-order chi connectivity index (χ1) is 24.2. The monoisotopic (exact) mass is 626 g/mol. The summed E-state index contributed by atoms with van der Waals surface area (Å²) in [5.41, 5.74) is 11.5. The lowest BCUT2D eigenvalue weighted by Crippen LogP contribution is -2.33. The van der Waals surface area contributed by atoms with Crippen molar-refractivity contribution in [2.45, 2.75) is 12.3 Å². The molecule has 0 N–H and O–H groups in total. The third-order valence-corrected chi connectivity index (χ3v) is 9.77. The fourth-order valence-electron chi connectivity index (χ4n) is 7.74. The van der Waals surface area contributed by atoms with Gasteiger partial charge in [0.1, 0.15) is 11.5 Å². The van der Waals surface area contributed by atoms with E-state index in [0.717, 1.165) is 78.2 Å². The molecule has 230 valence electrons. The van der Waals surface area contributed by atoms with E-state index in [4.69, 9.17) is 21.1 Å². The lowest BCUT2D eigenvalue weighted by atomic mass is 9.65. The highest BCUT2D eigenvalue weighted by Crippen LogP contribution is 2.62. The molecule has 9 rings (SSSR count). The average Bonchev–Trinajstić information content (AvgIpc) is 3.44. The number of hydrogen-bond donors (Lipinski definition) is 0. The Hall–Kier alpha value is -6.50. The number of rotatable bonds is 4. The van der Waals surface area contributed by atoms with Gasteiger partial charge in [-0.3, -0.25) is 0 Å². The van der Waals surface area contributed by atoms with Gasteiger partial charge in [0, 0.05) is 33.2 Å². The van der Waals surface area contributed by atoms with E-state index in [9.17, 15) is 0 Å². The van der Waals surface area contributed by atoms with E-state index in [-0.39, 0.29) is 0 Å². The van der Waals surface area contributed by atoms with Gasteiger partial charge in [-0.2, -0.15) is 0 Å². The van der Waals surface area contributed by atoms with Crippen LogP contribution >= 0.6 is 0 Å². The molecule has 1 aromatic heterocycles. The average molecular weight is 627 g/mol. The minimum absolute atomic E-state index is 0.675. The maximum absolute atomic E-state index is 6.58. The molecule has 0 amide bonds. The third kappa shape index (κ3) is 4.25. The summed E-state index contributed by atoms with van der Waals surface area (Å²) in [6.07, 6.45) is 10.8. The second kappa shape index (κ2) is 11.3. The molecule has 49 heavy (non-hydrogen) atoms. The summed E-state index contributed by atoms with van der Waals surface area (Å²) in [6, 6.07) is 50.2. The van der Waals surface area contributed by atoms with Gasteiger partial charge in [0.25, 0.3) is 0 Å². The minimum Gasteiger partial charge on any atom is -0.457 e. The number of para-hydroxylation sites is 3. The molecule has 1 spiro atoms. The van der Waals surface area contributed by atoms with Crippen molar-refractivity contribution < 1.29 is 4.74 Å². The van der Waals surface area contributed by atoms with Crippen molar-refractivity contribution in [2.75, 3.05) is 0 Å². The van der Waals surface area contributed by atoms with Crippen LogP contribution in [-0.2, 0) is 5.41 Å². The fourth-order valence-corrected chi connectivity index (χ4v) is 7.74. The van der Waals surface area contributed by atoms with E-state index in [1.807, 2.05) is 43.3 Å². The number of terminal acetylenes is 1. The van der Waals surface area contributed by atoms with Crippen LogP contribution < -0.4 is 4.74 Å². The van der Waals surface area contributed by atoms with Gasteiger partial charge in [0.2, 0.25) is 0 Å². The zero-order chi connectivity index (χ0) is 33.0. The summed E-state index contributed by atoms with van der Waals surface area (Å²) >= 11 is 0. The van der Waals surface area contributed by atoms with Crippen molar-refractivity contribution >= 4 is 16.5 Å². The minimum atomic E-state index is -0.737. The molecular formula is C46H30N2O. The topological polar surface area (TPSA) is 35.0 Å². The van der Waals surface area contributed by atoms with Crippen LogP contribution in [0, 0.1) is 12.3 Å². The van der Waals surface area contributed by atoms with Gasteiger partial charge in [-0.05, 0) is 52.9 Å². The Labute approximate surface area is 285 Å². The summed E-state index contributed by atoms with van der Waals surface area (Å²) < 4.78 is 6.51. The third-order valence-electron chi connectivity index (χ3n) is 9.77. The number of ether oxygens (including phenoxy) is 1. The van der Waals surface area contributed by atoms with Crippen LogP contribution in [0.5, 0.6) is 11.5 Å². The maximum atomic E-state index is 6.58. The maximum Gasteiger partial charge on any atom is 0.160 e. The Morgan fingerprint density at radius 1 is 0.612 bits per heavy atom. The summed E-state index contributed by atoms with van der Waals surface area (Å²) in [4.78, 5) is 10.4. The van der Waals surface area contributed by atoms with Gasteiger partial charge >= 0.3 is 0 Å². The first-order valence-electron chi connectivity index (χ1n) is 16.5. The quantitative estimate of drug-likeness (QED) is 0.182. The predicted molar refractivity (Wildman–Crippen MR) is 199 cm³/mol. The highest BCUT2D eigenvalue weighted by molar-refractivity contribution is 6.03. The van der Waals surface area contributed by atoms with Crippen molar-refractivity contribution in [1.82, 2.24) is 9.97 Å². The van der Waals surface area contributed by atoms with Crippen LogP contribution in [0.3, 0.4) is 0 Å². The SMILES string of the molecule is C#CC1=C(/C=C\C)c2c(-c3nc(-c4ccc(-c5ccccc5)cc4)nc4ccccc34)cccc2C12c1ccccc1Oc1ccccc12. The molecule has 2 heterocycles. The van der Waals surface area contributed by atoms with Gasteiger partial charge in [-0.25, -0.2) is 9.97 Å². The number of hydrogen-bond acceptors (Lipinski definition) is 3. The molecule has 0 atom stereocenters. The molecule has 0 saturated carbocycles. The van der Waals surface area contributed by atoms with Gasteiger partial charge in [-0.15, -0.1) is 6.42 Å². The fraction of sp³-hybridized carbons (Fsp3) is 0.0435.